The molecule has 0 aliphatic carbocycles. The Morgan fingerprint density at radius 1 is 1.00 bits per heavy atom. The number of ether oxygens (including phenoxy) is 2. The van der Waals surface area contributed by atoms with Gasteiger partial charge in [0, 0.05) is 29.7 Å². The molecule has 2 aromatic carbocycles. The third-order valence-electron chi connectivity index (χ3n) is 4.30. The van der Waals surface area contributed by atoms with Gasteiger partial charge < -0.3 is 19.2 Å². The number of aromatic nitrogens is 2. The SMILES string of the molecule is CCOc1cccc(C(=O)Nc2cccc(OCc3cn4ccccc4n3)c2)c1. The summed E-state index contributed by atoms with van der Waals surface area (Å²) in [6.45, 7) is 2.80. The molecule has 2 heterocycles. The van der Waals surface area contributed by atoms with Gasteiger partial charge in [0.05, 0.1) is 12.3 Å². The van der Waals surface area contributed by atoms with Gasteiger partial charge in [0.25, 0.3) is 5.91 Å². The molecule has 0 fully saturated rings. The van der Waals surface area contributed by atoms with Gasteiger partial charge >= 0.3 is 0 Å². The molecule has 0 aliphatic heterocycles. The maximum atomic E-state index is 12.5. The normalized spacial score (nSPS) is 10.7. The Hall–Kier alpha value is -3.80. The van der Waals surface area contributed by atoms with Gasteiger partial charge in [-0.1, -0.05) is 18.2 Å². The minimum atomic E-state index is -0.205. The van der Waals surface area contributed by atoms with Gasteiger partial charge in [-0.2, -0.15) is 0 Å². The van der Waals surface area contributed by atoms with Crippen LogP contribution < -0.4 is 14.8 Å². The lowest BCUT2D eigenvalue weighted by molar-refractivity contribution is 0.102. The highest BCUT2D eigenvalue weighted by Gasteiger charge is 2.08. The second kappa shape index (κ2) is 8.48. The van der Waals surface area contributed by atoms with E-state index >= 15 is 0 Å². The van der Waals surface area contributed by atoms with Crippen LogP contribution in [0, 0.1) is 0 Å². The minimum absolute atomic E-state index is 0.205. The lowest BCUT2D eigenvalue weighted by Crippen LogP contribution is -2.12. The van der Waals surface area contributed by atoms with E-state index < -0.39 is 0 Å². The molecule has 4 rings (SSSR count). The second-order valence-corrected chi connectivity index (χ2v) is 6.43. The number of imidazole rings is 1. The molecule has 0 saturated carbocycles. The van der Waals surface area contributed by atoms with Crippen molar-refractivity contribution in [3.8, 4) is 11.5 Å². The van der Waals surface area contributed by atoms with Crippen LogP contribution in [0.25, 0.3) is 5.65 Å². The van der Waals surface area contributed by atoms with E-state index in [1.807, 2.05) is 66.2 Å². The number of carbonyl (C=O) groups excluding carboxylic acids is 1. The van der Waals surface area contributed by atoms with E-state index in [2.05, 4.69) is 10.3 Å². The standard InChI is InChI=1S/C23H21N3O3/c1-2-28-20-9-5-7-17(13-20)23(27)25-18-8-6-10-21(14-18)29-16-19-15-26-12-4-3-11-22(26)24-19/h3-15H,2,16H2,1H3,(H,25,27). The average Bonchev–Trinajstić information content (AvgIpc) is 3.16. The molecule has 29 heavy (non-hydrogen) atoms. The van der Waals surface area contributed by atoms with Gasteiger partial charge in [0.1, 0.15) is 23.8 Å². The van der Waals surface area contributed by atoms with Crippen LogP contribution in [-0.4, -0.2) is 21.9 Å². The van der Waals surface area contributed by atoms with Crippen LogP contribution in [0.3, 0.4) is 0 Å². The molecule has 0 bridgehead atoms. The number of fused-ring (bicyclic) bond motifs is 1. The van der Waals surface area contributed by atoms with Crippen LogP contribution in [0.1, 0.15) is 23.0 Å². The fraction of sp³-hybridized carbons (Fsp3) is 0.130. The predicted molar refractivity (Wildman–Crippen MR) is 112 cm³/mol. The number of anilines is 1. The van der Waals surface area contributed by atoms with E-state index in [4.69, 9.17) is 9.47 Å². The molecule has 1 N–H and O–H groups in total. The third-order valence-corrected chi connectivity index (χ3v) is 4.30. The van der Waals surface area contributed by atoms with Crippen molar-refractivity contribution in [2.45, 2.75) is 13.5 Å². The quantitative estimate of drug-likeness (QED) is 0.505. The van der Waals surface area contributed by atoms with Crippen LogP contribution in [-0.2, 0) is 6.61 Å². The highest BCUT2D eigenvalue weighted by Crippen LogP contribution is 2.20. The summed E-state index contributed by atoms with van der Waals surface area (Å²) in [5.74, 6) is 1.12. The van der Waals surface area contributed by atoms with E-state index in [1.165, 1.54) is 0 Å². The van der Waals surface area contributed by atoms with Crippen molar-refractivity contribution in [2.24, 2.45) is 0 Å². The van der Waals surface area contributed by atoms with Crippen molar-refractivity contribution in [1.29, 1.82) is 0 Å². The first kappa shape index (κ1) is 18.6. The van der Waals surface area contributed by atoms with E-state index in [0.717, 1.165) is 11.3 Å². The zero-order valence-corrected chi connectivity index (χ0v) is 16.0. The summed E-state index contributed by atoms with van der Waals surface area (Å²) in [6.07, 6.45) is 3.88. The summed E-state index contributed by atoms with van der Waals surface area (Å²) in [6, 6.07) is 20.3. The van der Waals surface area contributed by atoms with Crippen LogP contribution in [0.5, 0.6) is 11.5 Å². The fourth-order valence-corrected chi connectivity index (χ4v) is 2.97. The smallest absolute Gasteiger partial charge is 0.255 e. The topological polar surface area (TPSA) is 64.9 Å². The molecule has 6 nitrogen and oxygen atoms in total. The van der Waals surface area contributed by atoms with Crippen molar-refractivity contribution >= 4 is 17.2 Å². The summed E-state index contributed by atoms with van der Waals surface area (Å²) >= 11 is 0. The number of benzene rings is 2. The summed E-state index contributed by atoms with van der Waals surface area (Å²) in [5.41, 5.74) is 2.90. The van der Waals surface area contributed by atoms with E-state index in [1.54, 1.807) is 24.3 Å². The average molecular weight is 387 g/mol. The zero-order valence-electron chi connectivity index (χ0n) is 16.0. The number of amides is 1. The predicted octanol–water partition coefficient (Wildman–Crippen LogP) is 4.56. The largest absolute Gasteiger partial charge is 0.494 e. The van der Waals surface area contributed by atoms with Gasteiger partial charge in [0.15, 0.2) is 0 Å². The molecule has 0 aliphatic rings. The van der Waals surface area contributed by atoms with Crippen LogP contribution in [0.2, 0.25) is 0 Å². The number of nitrogens with one attached hydrogen (secondary N) is 1. The zero-order chi connectivity index (χ0) is 20.1. The summed E-state index contributed by atoms with van der Waals surface area (Å²) in [5, 5.41) is 2.89. The molecule has 146 valence electrons. The first-order valence-electron chi connectivity index (χ1n) is 9.41. The third kappa shape index (κ3) is 4.55. The summed E-state index contributed by atoms with van der Waals surface area (Å²) < 4.78 is 13.3. The van der Waals surface area contributed by atoms with Crippen molar-refractivity contribution in [2.75, 3.05) is 11.9 Å². The van der Waals surface area contributed by atoms with E-state index in [-0.39, 0.29) is 5.91 Å². The highest BCUT2D eigenvalue weighted by molar-refractivity contribution is 6.04. The van der Waals surface area contributed by atoms with E-state index in [9.17, 15) is 4.79 Å². The number of carbonyl (C=O) groups is 1. The first-order valence-corrected chi connectivity index (χ1v) is 9.41. The Labute approximate surface area is 168 Å². The van der Waals surface area contributed by atoms with Crippen molar-refractivity contribution in [3.63, 3.8) is 0 Å². The Bertz CT molecular complexity index is 1100. The fourth-order valence-electron chi connectivity index (χ4n) is 2.97. The molecule has 0 unspecified atom stereocenters. The van der Waals surface area contributed by atoms with Crippen LogP contribution in [0.15, 0.2) is 79.1 Å². The molecule has 0 spiro atoms. The number of hydrogen-bond donors (Lipinski definition) is 1. The molecule has 2 aromatic heterocycles. The number of nitrogens with zero attached hydrogens (tertiary/aromatic N) is 2. The van der Waals surface area contributed by atoms with Crippen molar-refractivity contribution in [3.05, 3.63) is 90.4 Å². The van der Waals surface area contributed by atoms with E-state index in [0.29, 0.717) is 36.0 Å². The van der Waals surface area contributed by atoms with Crippen molar-refractivity contribution in [1.82, 2.24) is 9.38 Å². The molecular formula is C23H21N3O3. The van der Waals surface area contributed by atoms with Gasteiger partial charge in [-0.05, 0) is 49.4 Å². The molecule has 6 heteroatoms. The Morgan fingerprint density at radius 3 is 2.66 bits per heavy atom. The maximum absolute atomic E-state index is 12.5. The number of hydrogen-bond acceptors (Lipinski definition) is 4. The van der Waals surface area contributed by atoms with Gasteiger partial charge in [-0.3, -0.25) is 4.79 Å². The first-order chi connectivity index (χ1) is 14.2. The minimum Gasteiger partial charge on any atom is -0.494 e. The number of pyridine rings is 1. The second-order valence-electron chi connectivity index (χ2n) is 6.43. The Balaban J connectivity index is 1.41. The maximum Gasteiger partial charge on any atom is 0.255 e. The molecular weight excluding hydrogens is 366 g/mol. The molecule has 0 radical (unpaired) electrons. The Morgan fingerprint density at radius 2 is 1.83 bits per heavy atom. The summed E-state index contributed by atoms with van der Waals surface area (Å²) in [4.78, 5) is 17.1. The van der Waals surface area contributed by atoms with Gasteiger partial charge in [-0.25, -0.2) is 4.98 Å². The summed E-state index contributed by atoms with van der Waals surface area (Å²) in [7, 11) is 0. The molecule has 1 amide bonds. The van der Waals surface area contributed by atoms with Crippen LogP contribution in [0.4, 0.5) is 5.69 Å². The highest BCUT2D eigenvalue weighted by atomic mass is 16.5. The number of rotatable bonds is 7. The van der Waals surface area contributed by atoms with Crippen LogP contribution >= 0.6 is 0 Å². The Kier molecular flexibility index (Phi) is 5.42. The monoisotopic (exact) mass is 387 g/mol. The molecule has 0 atom stereocenters. The lowest BCUT2D eigenvalue weighted by atomic mass is 10.2. The lowest BCUT2D eigenvalue weighted by Gasteiger charge is -2.09. The van der Waals surface area contributed by atoms with Gasteiger partial charge in [0.2, 0.25) is 0 Å². The molecule has 4 aromatic rings. The molecule has 0 saturated heterocycles. The van der Waals surface area contributed by atoms with Gasteiger partial charge in [-0.15, -0.1) is 0 Å². The van der Waals surface area contributed by atoms with Crippen molar-refractivity contribution < 1.29 is 14.3 Å².